The van der Waals surface area contributed by atoms with Crippen LogP contribution in [0.2, 0.25) is 0 Å². The molecule has 1 fully saturated rings. The quantitative estimate of drug-likeness (QED) is 0.877. The number of piperidine rings is 1. The van der Waals surface area contributed by atoms with Crippen molar-refractivity contribution in [3.8, 4) is 0 Å². The van der Waals surface area contributed by atoms with Crippen molar-refractivity contribution < 1.29 is 9.90 Å². The average molecular weight is 275 g/mol. The Morgan fingerprint density at radius 1 is 1.40 bits per heavy atom. The van der Waals surface area contributed by atoms with E-state index in [2.05, 4.69) is 22.0 Å². The van der Waals surface area contributed by atoms with Crippen LogP contribution in [0.5, 0.6) is 0 Å². The minimum atomic E-state index is -0.738. The van der Waals surface area contributed by atoms with Gasteiger partial charge in [0.1, 0.15) is 12.1 Å². The summed E-state index contributed by atoms with van der Waals surface area (Å²) in [6.07, 6.45) is 3.96. The Morgan fingerprint density at radius 3 is 2.95 bits per heavy atom. The minimum Gasteiger partial charge on any atom is -0.481 e. The van der Waals surface area contributed by atoms with Crippen molar-refractivity contribution in [1.82, 2.24) is 19.7 Å². The molecule has 0 radical (unpaired) electrons. The number of fused-ring (bicyclic) bond motifs is 1. The molecule has 0 aromatic carbocycles. The molecule has 2 unspecified atom stereocenters. The van der Waals surface area contributed by atoms with Crippen LogP contribution in [-0.2, 0) is 11.8 Å². The van der Waals surface area contributed by atoms with Gasteiger partial charge in [-0.05, 0) is 12.3 Å². The molecule has 1 N–H and O–H groups in total. The van der Waals surface area contributed by atoms with Crippen LogP contribution in [0, 0.1) is 11.8 Å². The molecular weight excluding hydrogens is 258 g/mol. The fraction of sp³-hybridized carbons (Fsp3) is 0.538. The zero-order chi connectivity index (χ0) is 14.3. The second-order valence-corrected chi connectivity index (χ2v) is 5.48. The molecule has 0 saturated carbocycles. The third-order valence-electron chi connectivity index (χ3n) is 3.82. The van der Waals surface area contributed by atoms with Gasteiger partial charge in [-0.15, -0.1) is 0 Å². The zero-order valence-electron chi connectivity index (χ0n) is 11.5. The van der Waals surface area contributed by atoms with Gasteiger partial charge >= 0.3 is 5.97 Å². The summed E-state index contributed by atoms with van der Waals surface area (Å²) in [5, 5.41) is 14.3. The molecule has 0 spiro atoms. The van der Waals surface area contributed by atoms with Gasteiger partial charge in [0, 0.05) is 20.1 Å². The first-order valence-corrected chi connectivity index (χ1v) is 6.66. The lowest BCUT2D eigenvalue weighted by atomic mass is 9.90. The van der Waals surface area contributed by atoms with Gasteiger partial charge in [-0.1, -0.05) is 6.92 Å². The van der Waals surface area contributed by atoms with E-state index in [4.69, 9.17) is 0 Å². The Labute approximate surface area is 116 Å². The minimum absolute atomic E-state index is 0.325. The summed E-state index contributed by atoms with van der Waals surface area (Å²) in [5.74, 6) is 0.0194. The second kappa shape index (κ2) is 4.73. The second-order valence-electron chi connectivity index (χ2n) is 5.48. The molecule has 0 bridgehead atoms. The van der Waals surface area contributed by atoms with Crippen LogP contribution in [0.3, 0.4) is 0 Å². The smallest absolute Gasteiger partial charge is 0.308 e. The van der Waals surface area contributed by atoms with Crippen molar-refractivity contribution in [3.63, 3.8) is 0 Å². The monoisotopic (exact) mass is 275 g/mol. The maximum atomic E-state index is 11.3. The standard InChI is InChI=1S/C13H17N5O2/c1-8-3-9(13(19)20)6-18(5-8)12-10-4-16-17(2)11(10)14-7-15-12/h4,7-9H,3,5-6H2,1-2H3,(H,19,20). The molecule has 1 aliphatic heterocycles. The summed E-state index contributed by atoms with van der Waals surface area (Å²) < 4.78 is 1.70. The van der Waals surface area contributed by atoms with Crippen molar-refractivity contribution in [2.75, 3.05) is 18.0 Å². The number of aromatic nitrogens is 4. The molecule has 1 aliphatic rings. The van der Waals surface area contributed by atoms with Gasteiger partial charge in [-0.2, -0.15) is 5.10 Å². The van der Waals surface area contributed by atoms with Gasteiger partial charge in [0.2, 0.25) is 0 Å². The van der Waals surface area contributed by atoms with Crippen LogP contribution >= 0.6 is 0 Å². The van der Waals surface area contributed by atoms with Gasteiger partial charge in [-0.3, -0.25) is 9.48 Å². The summed E-state index contributed by atoms with van der Waals surface area (Å²) in [5.41, 5.74) is 0.764. The number of hydrogen-bond donors (Lipinski definition) is 1. The van der Waals surface area contributed by atoms with Gasteiger partial charge < -0.3 is 10.0 Å². The lowest BCUT2D eigenvalue weighted by Crippen LogP contribution is -2.43. The third kappa shape index (κ3) is 2.09. The highest BCUT2D eigenvalue weighted by Crippen LogP contribution is 2.29. The first kappa shape index (κ1) is 12.8. The highest BCUT2D eigenvalue weighted by molar-refractivity contribution is 5.87. The van der Waals surface area contributed by atoms with Crippen LogP contribution in [0.4, 0.5) is 5.82 Å². The number of carbonyl (C=O) groups is 1. The van der Waals surface area contributed by atoms with Crippen molar-refractivity contribution in [2.24, 2.45) is 18.9 Å². The Kier molecular flexibility index (Phi) is 3.04. The molecule has 106 valence electrons. The van der Waals surface area contributed by atoms with E-state index in [0.29, 0.717) is 18.9 Å². The maximum absolute atomic E-state index is 11.3. The Bertz CT molecular complexity index is 653. The van der Waals surface area contributed by atoms with Gasteiger partial charge in [0.25, 0.3) is 0 Å². The molecule has 2 aromatic rings. The van der Waals surface area contributed by atoms with E-state index >= 15 is 0 Å². The molecule has 0 amide bonds. The topological polar surface area (TPSA) is 84.1 Å². The van der Waals surface area contributed by atoms with Crippen LogP contribution in [0.1, 0.15) is 13.3 Å². The van der Waals surface area contributed by atoms with Crippen LogP contribution in [-0.4, -0.2) is 43.9 Å². The number of carboxylic acids is 1. The summed E-state index contributed by atoms with van der Waals surface area (Å²) in [7, 11) is 1.83. The Hall–Kier alpha value is -2.18. The average Bonchev–Trinajstić information content (AvgIpc) is 2.80. The zero-order valence-corrected chi connectivity index (χ0v) is 11.5. The van der Waals surface area contributed by atoms with E-state index in [1.54, 1.807) is 10.9 Å². The van der Waals surface area contributed by atoms with Crippen LogP contribution in [0.15, 0.2) is 12.5 Å². The SMILES string of the molecule is CC1CC(C(=O)O)CN(c2ncnc3c2cnn3C)C1. The molecule has 2 aromatic heterocycles. The van der Waals surface area contributed by atoms with Crippen molar-refractivity contribution in [3.05, 3.63) is 12.5 Å². The fourth-order valence-corrected chi connectivity index (χ4v) is 2.91. The largest absolute Gasteiger partial charge is 0.481 e. The van der Waals surface area contributed by atoms with E-state index in [9.17, 15) is 9.90 Å². The van der Waals surface area contributed by atoms with Crippen LogP contribution in [0.25, 0.3) is 11.0 Å². The number of aliphatic carboxylic acids is 1. The molecule has 3 heterocycles. The Balaban J connectivity index is 1.99. The molecule has 1 saturated heterocycles. The fourth-order valence-electron chi connectivity index (χ4n) is 2.91. The number of aryl methyl sites for hydroxylation is 1. The molecule has 7 heteroatoms. The van der Waals surface area contributed by atoms with Crippen molar-refractivity contribution in [1.29, 1.82) is 0 Å². The summed E-state index contributed by atoms with van der Waals surface area (Å²) in [4.78, 5) is 21.9. The third-order valence-corrected chi connectivity index (χ3v) is 3.82. The first-order valence-electron chi connectivity index (χ1n) is 6.66. The first-order chi connectivity index (χ1) is 9.56. The highest BCUT2D eigenvalue weighted by Gasteiger charge is 2.31. The maximum Gasteiger partial charge on any atom is 0.308 e. The van der Waals surface area contributed by atoms with E-state index in [1.807, 2.05) is 11.9 Å². The normalized spacial score (nSPS) is 23.2. The summed E-state index contributed by atoms with van der Waals surface area (Å²) >= 11 is 0. The van der Waals surface area contributed by atoms with Gasteiger partial charge in [0.15, 0.2) is 5.65 Å². The van der Waals surface area contributed by atoms with Crippen molar-refractivity contribution in [2.45, 2.75) is 13.3 Å². The summed E-state index contributed by atoms with van der Waals surface area (Å²) in [6.45, 7) is 3.37. The number of nitrogens with zero attached hydrogens (tertiary/aromatic N) is 5. The molecule has 0 aliphatic carbocycles. The number of anilines is 1. The molecule has 7 nitrogen and oxygen atoms in total. The van der Waals surface area contributed by atoms with Crippen molar-refractivity contribution >= 4 is 22.8 Å². The van der Waals surface area contributed by atoms with Gasteiger partial charge in [0.05, 0.1) is 17.5 Å². The predicted octanol–water partition coefficient (Wildman–Crippen LogP) is 0.910. The molecular formula is C13H17N5O2. The van der Waals surface area contributed by atoms with Crippen LogP contribution < -0.4 is 4.90 Å². The lowest BCUT2D eigenvalue weighted by Gasteiger charge is -2.35. The Morgan fingerprint density at radius 2 is 2.20 bits per heavy atom. The van der Waals surface area contributed by atoms with Gasteiger partial charge in [-0.25, -0.2) is 9.97 Å². The number of hydrogen-bond acceptors (Lipinski definition) is 5. The van der Waals surface area contributed by atoms with E-state index < -0.39 is 5.97 Å². The predicted molar refractivity (Wildman–Crippen MR) is 73.4 cm³/mol. The molecule has 2 atom stereocenters. The number of carboxylic acid groups (broad SMARTS) is 1. The number of rotatable bonds is 2. The van der Waals surface area contributed by atoms with E-state index in [1.165, 1.54) is 6.33 Å². The highest BCUT2D eigenvalue weighted by atomic mass is 16.4. The molecule has 3 rings (SSSR count). The van der Waals surface area contributed by atoms with E-state index in [-0.39, 0.29) is 5.92 Å². The molecule has 20 heavy (non-hydrogen) atoms. The summed E-state index contributed by atoms with van der Waals surface area (Å²) in [6, 6.07) is 0. The lowest BCUT2D eigenvalue weighted by molar-refractivity contribution is -0.142. The van der Waals surface area contributed by atoms with E-state index in [0.717, 1.165) is 23.4 Å².